The molecule has 1 aromatic carbocycles. The molecule has 6 nitrogen and oxygen atoms in total. The van der Waals surface area contributed by atoms with Crippen molar-refractivity contribution in [2.45, 2.75) is 43.6 Å². The molecule has 2 bridgehead atoms. The van der Waals surface area contributed by atoms with Crippen LogP contribution in [0.1, 0.15) is 30.9 Å². The summed E-state index contributed by atoms with van der Waals surface area (Å²) in [6, 6.07) is 7.12. The summed E-state index contributed by atoms with van der Waals surface area (Å²) < 4.78 is 5.66. The van der Waals surface area contributed by atoms with Crippen molar-refractivity contribution in [3.8, 4) is 0 Å². The third-order valence-electron chi connectivity index (χ3n) is 4.08. The predicted molar refractivity (Wildman–Crippen MR) is 74.8 cm³/mol. The smallest absolute Gasteiger partial charge is 0.330 e. The Balaban J connectivity index is 1.61. The predicted octanol–water partition coefficient (Wildman–Crippen LogP) is 1.43. The lowest BCUT2D eigenvalue weighted by Gasteiger charge is -2.22. The van der Waals surface area contributed by atoms with E-state index in [-0.39, 0.29) is 18.2 Å². The largest absolute Gasteiger partial charge is 0.479 e. The lowest BCUT2D eigenvalue weighted by molar-refractivity contribution is -0.139. The van der Waals surface area contributed by atoms with Crippen molar-refractivity contribution in [1.82, 2.24) is 10.6 Å². The van der Waals surface area contributed by atoms with Crippen LogP contribution in [-0.2, 0) is 9.53 Å². The Kier molecular flexibility index (Phi) is 3.79. The van der Waals surface area contributed by atoms with Gasteiger partial charge < -0.3 is 20.5 Å². The maximum Gasteiger partial charge on any atom is 0.330 e. The average molecular weight is 290 g/mol. The molecule has 2 heterocycles. The molecule has 0 aromatic heterocycles. The summed E-state index contributed by atoms with van der Waals surface area (Å²) in [5.41, 5.74) is 0.546. The summed E-state index contributed by atoms with van der Waals surface area (Å²) in [5.74, 6) is -1.08. The van der Waals surface area contributed by atoms with E-state index in [1.165, 1.54) is 0 Å². The number of carboxylic acids is 1. The van der Waals surface area contributed by atoms with Crippen molar-refractivity contribution in [3.63, 3.8) is 0 Å². The van der Waals surface area contributed by atoms with Crippen LogP contribution < -0.4 is 10.6 Å². The number of nitrogens with one attached hydrogen (secondary N) is 2. The Bertz CT molecular complexity index is 534. The minimum Gasteiger partial charge on any atom is -0.479 e. The summed E-state index contributed by atoms with van der Waals surface area (Å²) in [6.07, 6.45) is 3.12. The van der Waals surface area contributed by atoms with Gasteiger partial charge in [-0.3, -0.25) is 0 Å². The van der Waals surface area contributed by atoms with Gasteiger partial charge in [0.15, 0.2) is 6.04 Å². The molecule has 2 amide bonds. The first-order valence-corrected chi connectivity index (χ1v) is 7.13. The first-order chi connectivity index (χ1) is 10.1. The van der Waals surface area contributed by atoms with Crippen LogP contribution in [0.15, 0.2) is 30.3 Å². The minimum absolute atomic E-state index is 0.0195. The molecule has 2 fully saturated rings. The van der Waals surface area contributed by atoms with Gasteiger partial charge in [-0.25, -0.2) is 9.59 Å². The third-order valence-corrected chi connectivity index (χ3v) is 4.08. The van der Waals surface area contributed by atoms with Crippen LogP contribution in [0.25, 0.3) is 0 Å². The van der Waals surface area contributed by atoms with Crippen molar-refractivity contribution >= 4 is 12.0 Å². The number of rotatable bonds is 4. The van der Waals surface area contributed by atoms with E-state index in [1.807, 2.05) is 0 Å². The molecule has 112 valence electrons. The van der Waals surface area contributed by atoms with E-state index in [4.69, 9.17) is 4.74 Å². The molecule has 0 saturated carbocycles. The fourth-order valence-electron chi connectivity index (χ4n) is 3.06. The Morgan fingerprint density at radius 3 is 2.57 bits per heavy atom. The number of urea groups is 1. The maximum absolute atomic E-state index is 12.0. The molecule has 3 N–H and O–H groups in total. The number of benzene rings is 1. The molecule has 0 aliphatic carbocycles. The van der Waals surface area contributed by atoms with Crippen LogP contribution in [0.5, 0.6) is 0 Å². The highest BCUT2D eigenvalue weighted by atomic mass is 16.5. The van der Waals surface area contributed by atoms with Gasteiger partial charge in [-0.1, -0.05) is 30.3 Å². The van der Waals surface area contributed by atoms with Crippen molar-refractivity contribution in [1.29, 1.82) is 0 Å². The Hall–Kier alpha value is -2.08. The van der Waals surface area contributed by atoms with Gasteiger partial charge in [0, 0.05) is 0 Å². The summed E-state index contributed by atoms with van der Waals surface area (Å²) >= 11 is 0. The SMILES string of the molecule is O=C(NC1CC2CCC1O2)N[C@@H](C(=O)O)c1ccccc1. The molecule has 1 aromatic rings. The molecule has 0 radical (unpaired) electrons. The van der Waals surface area contributed by atoms with E-state index in [1.54, 1.807) is 30.3 Å². The summed E-state index contributed by atoms with van der Waals surface area (Å²) in [5, 5.41) is 14.6. The zero-order valence-corrected chi connectivity index (χ0v) is 11.5. The van der Waals surface area contributed by atoms with E-state index in [0.29, 0.717) is 5.56 Å². The molecule has 0 spiro atoms. The van der Waals surface area contributed by atoms with E-state index in [2.05, 4.69) is 10.6 Å². The van der Waals surface area contributed by atoms with Crippen LogP contribution in [0, 0.1) is 0 Å². The molecular formula is C15H18N2O4. The highest BCUT2D eigenvalue weighted by Gasteiger charge is 2.41. The van der Waals surface area contributed by atoms with Gasteiger partial charge in [0.25, 0.3) is 0 Å². The Labute approximate surface area is 122 Å². The van der Waals surface area contributed by atoms with Crippen LogP contribution in [0.3, 0.4) is 0 Å². The van der Waals surface area contributed by atoms with Gasteiger partial charge in [0.05, 0.1) is 18.2 Å². The second-order valence-electron chi connectivity index (χ2n) is 5.52. The lowest BCUT2D eigenvalue weighted by atomic mass is 9.96. The van der Waals surface area contributed by atoms with Gasteiger partial charge in [0.1, 0.15) is 0 Å². The fourth-order valence-corrected chi connectivity index (χ4v) is 3.06. The number of hydrogen-bond acceptors (Lipinski definition) is 3. The van der Waals surface area contributed by atoms with Crippen LogP contribution in [0.4, 0.5) is 4.79 Å². The van der Waals surface area contributed by atoms with Crippen LogP contribution in [0.2, 0.25) is 0 Å². The number of carbonyl (C=O) groups excluding carboxylic acids is 1. The standard InChI is InChI=1S/C15H18N2O4/c18-14(19)13(9-4-2-1-3-5-9)17-15(20)16-11-8-10-6-7-12(11)21-10/h1-5,10-13H,6-8H2,(H,18,19)(H2,16,17,20)/t10?,11?,12?,13-/m1/s1. The van der Waals surface area contributed by atoms with Crippen molar-refractivity contribution in [2.24, 2.45) is 0 Å². The average Bonchev–Trinajstić information content (AvgIpc) is 3.08. The van der Waals surface area contributed by atoms with Gasteiger partial charge in [-0.15, -0.1) is 0 Å². The Morgan fingerprint density at radius 2 is 2.00 bits per heavy atom. The number of aliphatic carboxylic acids is 1. The highest BCUT2D eigenvalue weighted by Crippen LogP contribution is 2.34. The monoisotopic (exact) mass is 290 g/mol. The summed E-state index contributed by atoms with van der Waals surface area (Å²) in [4.78, 5) is 23.4. The summed E-state index contributed by atoms with van der Waals surface area (Å²) in [7, 11) is 0. The highest BCUT2D eigenvalue weighted by molar-refractivity contribution is 5.83. The topological polar surface area (TPSA) is 87.7 Å². The van der Waals surface area contributed by atoms with Gasteiger partial charge in [0.2, 0.25) is 0 Å². The molecule has 3 rings (SSSR count). The number of carbonyl (C=O) groups is 2. The van der Waals surface area contributed by atoms with E-state index < -0.39 is 18.0 Å². The number of carboxylic acid groups (broad SMARTS) is 1. The number of ether oxygens (including phenoxy) is 1. The maximum atomic E-state index is 12.0. The Morgan fingerprint density at radius 1 is 1.24 bits per heavy atom. The fraction of sp³-hybridized carbons (Fsp3) is 0.467. The second-order valence-corrected chi connectivity index (χ2v) is 5.52. The molecular weight excluding hydrogens is 272 g/mol. The van der Waals surface area contributed by atoms with Crippen molar-refractivity contribution in [3.05, 3.63) is 35.9 Å². The molecule has 3 unspecified atom stereocenters. The summed E-state index contributed by atoms with van der Waals surface area (Å²) in [6.45, 7) is 0. The zero-order chi connectivity index (χ0) is 14.8. The van der Waals surface area contributed by atoms with Gasteiger partial charge in [-0.05, 0) is 24.8 Å². The molecule has 21 heavy (non-hydrogen) atoms. The first kappa shape index (κ1) is 13.9. The second kappa shape index (κ2) is 5.73. The van der Waals surface area contributed by atoms with E-state index >= 15 is 0 Å². The number of amides is 2. The molecule has 2 aliphatic heterocycles. The first-order valence-electron chi connectivity index (χ1n) is 7.13. The van der Waals surface area contributed by atoms with Crippen molar-refractivity contribution in [2.75, 3.05) is 0 Å². The quantitative estimate of drug-likeness (QED) is 0.783. The van der Waals surface area contributed by atoms with Gasteiger partial charge in [-0.2, -0.15) is 0 Å². The molecule has 2 saturated heterocycles. The van der Waals surface area contributed by atoms with E-state index in [0.717, 1.165) is 19.3 Å². The molecule has 4 atom stereocenters. The molecule has 6 heteroatoms. The normalized spacial score (nSPS) is 28.1. The van der Waals surface area contributed by atoms with Crippen LogP contribution >= 0.6 is 0 Å². The number of hydrogen-bond donors (Lipinski definition) is 3. The number of fused-ring (bicyclic) bond motifs is 2. The minimum atomic E-state index is -1.08. The molecule has 2 aliphatic rings. The van der Waals surface area contributed by atoms with E-state index in [9.17, 15) is 14.7 Å². The van der Waals surface area contributed by atoms with Gasteiger partial charge >= 0.3 is 12.0 Å². The van der Waals surface area contributed by atoms with Crippen LogP contribution in [-0.4, -0.2) is 35.4 Å². The lowest BCUT2D eigenvalue weighted by Crippen LogP contribution is -2.48. The van der Waals surface area contributed by atoms with Crippen molar-refractivity contribution < 1.29 is 19.4 Å². The zero-order valence-electron chi connectivity index (χ0n) is 11.5. The third kappa shape index (κ3) is 3.00.